The van der Waals surface area contributed by atoms with Gasteiger partial charge in [0.2, 0.25) is 0 Å². The molecule has 0 aromatic heterocycles. The predicted octanol–water partition coefficient (Wildman–Crippen LogP) is 3.27. The van der Waals surface area contributed by atoms with Gasteiger partial charge in [-0.05, 0) is 32.6 Å². The van der Waals surface area contributed by atoms with Gasteiger partial charge in [0.15, 0.2) is 0 Å². The molecule has 0 rings (SSSR count). The Bertz CT molecular complexity index is 187. The molecule has 0 unspecified atom stereocenters. The molecule has 0 atom stereocenters. The van der Waals surface area contributed by atoms with Crippen molar-refractivity contribution in [3.05, 3.63) is 23.3 Å². The van der Waals surface area contributed by atoms with Crippen molar-refractivity contribution in [1.82, 2.24) is 0 Å². The Hall–Kier alpha value is -0.560. The highest BCUT2D eigenvalue weighted by Gasteiger charge is 1.94. The van der Waals surface area contributed by atoms with Gasteiger partial charge in [0.1, 0.15) is 0 Å². The Morgan fingerprint density at radius 2 is 1.85 bits per heavy atom. The van der Waals surface area contributed by atoms with Crippen LogP contribution in [0.2, 0.25) is 0 Å². The molecule has 0 aliphatic carbocycles. The fourth-order valence-corrected chi connectivity index (χ4v) is 1.07. The van der Waals surface area contributed by atoms with Crippen molar-refractivity contribution >= 4 is 0 Å². The molecule has 0 saturated carbocycles. The second-order valence-corrected chi connectivity index (χ2v) is 3.93. The van der Waals surface area contributed by atoms with Crippen LogP contribution in [0.3, 0.4) is 0 Å². The van der Waals surface area contributed by atoms with Crippen LogP contribution < -0.4 is 5.73 Å². The molecule has 1 nitrogen and oxygen atoms in total. The highest BCUT2D eigenvalue weighted by Crippen LogP contribution is 2.11. The lowest BCUT2D eigenvalue weighted by Gasteiger charge is -2.04. The molecule has 1 heteroatoms. The molecule has 13 heavy (non-hydrogen) atoms. The quantitative estimate of drug-likeness (QED) is 0.647. The second-order valence-electron chi connectivity index (χ2n) is 3.93. The molecule has 0 amide bonds. The molecule has 76 valence electrons. The van der Waals surface area contributed by atoms with Gasteiger partial charge >= 0.3 is 0 Å². The van der Waals surface area contributed by atoms with Crippen LogP contribution in [0.25, 0.3) is 0 Å². The van der Waals surface area contributed by atoms with Crippen LogP contribution in [0.5, 0.6) is 0 Å². The summed E-state index contributed by atoms with van der Waals surface area (Å²) >= 11 is 0. The maximum absolute atomic E-state index is 5.42. The largest absolute Gasteiger partial charge is 0.327 e. The minimum Gasteiger partial charge on any atom is -0.327 e. The Balaban J connectivity index is 3.78. The van der Waals surface area contributed by atoms with Gasteiger partial charge in [-0.25, -0.2) is 0 Å². The number of hydrogen-bond donors (Lipinski definition) is 1. The van der Waals surface area contributed by atoms with E-state index in [1.54, 1.807) is 0 Å². The van der Waals surface area contributed by atoms with Crippen LogP contribution in [0.15, 0.2) is 23.3 Å². The molecule has 0 aliphatic rings. The topological polar surface area (TPSA) is 26.0 Å². The van der Waals surface area contributed by atoms with Crippen LogP contribution in [0.1, 0.15) is 40.5 Å². The first-order valence-corrected chi connectivity index (χ1v) is 5.10. The van der Waals surface area contributed by atoms with E-state index in [0.717, 1.165) is 12.8 Å². The molecule has 0 saturated heterocycles. The third-order valence-electron chi connectivity index (χ3n) is 2.38. The average molecular weight is 181 g/mol. The lowest BCUT2D eigenvalue weighted by Crippen LogP contribution is -1.94. The maximum Gasteiger partial charge on any atom is 0.0109 e. The summed E-state index contributed by atoms with van der Waals surface area (Å²) in [5, 5.41) is 0. The SMILES string of the molecule is C/C(=C\CN)CC/C=C(\C)C(C)C. The van der Waals surface area contributed by atoms with Gasteiger partial charge in [0.05, 0.1) is 0 Å². The van der Waals surface area contributed by atoms with Crippen LogP contribution in [0.4, 0.5) is 0 Å². The van der Waals surface area contributed by atoms with E-state index in [0.29, 0.717) is 12.5 Å². The minimum absolute atomic E-state index is 0.665. The molecule has 0 heterocycles. The molecule has 0 aromatic rings. The molecule has 0 aliphatic heterocycles. The normalized spacial score (nSPS) is 14.0. The summed E-state index contributed by atoms with van der Waals surface area (Å²) in [6.45, 7) is 9.47. The zero-order valence-corrected chi connectivity index (χ0v) is 9.43. The second kappa shape index (κ2) is 6.90. The summed E-state index contributed by atoms with van der Waals surface area (Å²) in [6, 6.07) is 0. The third kappa shape index (κ3) is 6.59. The summed E-state index contributed by atoms with van der Waals surface area (Å²) in [5.74, 6) is 0.679. The monoisotopic (exact) mass is 181 g/mol. The average Bonchev–Trinajstić information content (AvgIpc) is 2.04. The van der Waals surface area contributed by atoms with E-state index in [1.807, 2.05) is 0 Å². The number of rotatable bonds is 5. The van der Waals surface area contributed by atoms with E-state index < -0.39 is 0 Å². The van der Waals surface area contributed by atoms with Crippen LogP contribution >= 0.6 is 0 Å². The van der Waals surface area contributed by atoms with Crippen molar-refractivity contribution in [3.63, 3.8) is 0 Å². The summed E-state index contributed by atoms with van der Waals surface area (Å²) in [5.41, 5.74) is 8.30. The van der Waals surface area contributed by atoms with Gasteiger partial charge < -0.3 is 5.73 Å². The van der Waals surface area contributed by atoms with Crippen molar-refractivity contribution in [2.75, 3.05) is 6.54 Å². The van der Waals surface area contributed by atoms with Crippen molar-refractivity contribution in [2.45, 2.75) is 40.5 Å². The standard InChI is InChI=1S/C12H23N/c1-10(2)12(4)7-5-6-11(3)8-9-13/h7-8,10H,5-6,9,13H2,1-4H3/b11-8+,12-7+. The molecule has 0 radical (unpaired) electrons. The summed E-state index contributed by atoms with van der Waals surface area (Å²) in [6.07, 6.45) is 6.71. The van der Waals surface area contributed by atoms with Crippen LogP contribution in [-0.2, 0) is 0 Å². The van der Waals surface area contributed by atoms with Crippen molar-refractivity contribution < 1.29 is 0 Å². The third-order valence-corrected chi connectivity index (χ3v) is 2.38. The molecule has 0 bridgehead atoms. The maximum atomic E-state index is 5.42. The highest BCUT2D eigenvalue weighted by atomic mass is 14.5. The first kappa shape index (κ1) is 12.4. The first-order valence-electron chi connectivity index (χ1n) is 5.10. The van der Waals surface area contributed by atoms with Gasteiger partial charge in [-0.15, -0.1) is 0 Å². The van der Waals surface area contributed by atoms with E-state index >= 15 is 0 Å². The van der Waals surface area contributed by atoms with Gasteiger partial charge in [-0.3, -0.25) is 0 Å². The fraction of sp³-hybridized carbons (Fsp3) is 0.667. The lowest BCUT2D eigenvalue weighted by molar-refractivity contribution is 0.758. The van der Waals surface area contributed by atoms with Crippen molar-refractivity contribution in [1.29, 1.82) is 0 Å². The molecule has 0 fully saturated rings. The van der Waals surface area contributed by atoms with Gasteiger partial charge in [0.25, 0.3) is 0 Å². The van der Waals surface area contributed by atoms with E-state index in [1.165, 1.54) is 11.1 Å². The molecular weight excluding hydrogens is 158 g/mol. The van der Waals surface area contributed by atoms with Crippen LogP contribution in [-0.4, -0.2) is 6.54 Å². The minimum atomic E-state index is 0.665. The Morgan fingerprint density at radius 3 is 2.31 bits per heavy atom. The molecular formula is C12H23N. The number of nitrogens with two attached hydrogens (primary N) is 1. The Morgan fingerprint density at radius 1 is 1.23 bits per heavy atom. The van der Waals surface area contributed by atoms with Crippen molar-refractivity contribution in [2.24, 2.45) is 11.7 Å². The summed E-state index contributed by atoms with van der Waals surface area (Å²) in [7, 11) is 0. The highest BCUT2D eigenvalue weighted by molar-refractivity contribution is 5.05. The number of allylic oxidation sites excluding steroid dienone is 3. The predicted molar refractivity (Wildman–Crippen MR) is 60.6 cm³/mol. The van der Waals surface area contributed by atoms with Gasteiger partial charge in [0, 0.05) is 6.54 Å². The lowest BCUT2D eigenvalue weighted by atomic mass is 10.0. The number of hydrogen-bond acceptors (Lipinski definition) is 1. The molecule has 0 aromatic carbocycles. The molecule has 0 spiro atoms. The first-order chi connectivity index (χ1) is 6.07. The summed E-state index contributed by atoms with van der Waals surface area (Å²) in [4.78, 5) is 0. The van der Waals surface area contributed by atoms with Crippen LogP contribution in [0, 0.1) is 5.92 Å². The Kier molecular flexibility index (Phi) is 6.61. The summed E-state index contributed by atoms with van der Waals surface area (Å²) < 4.78 is 0. The zero-order valence-electron chi connectivity index (χ0n) is 9.43. The Labute approximate surface area is 82.7 Å². The smallest absolute Gasteiger partial charge is 0.0109 e. The molecule has 2 N–H and O–H groups in total. The van der Waals surface area contributed by atoms with E-state index in [9.17, 15) is 0 Å². The fourth-order valence-electron chi connectivity index (χ4n) is 1.07. The van der Waals surface area contributed by atoms with Crippen molar-refractivity contribution in [3.8, 4) is 0 Å². The van der Waals surface area contributed by atoms with E-state index in [4.69, 9.17) is 5.73 Å². The van der Waals surface area contributed by atoms with E-state index in [2.05, 4.69) is 39.8 Å². The zero-order chi connectivity index (χ0) is 10.3. The van der Waals surface area contributed by atoms with Gasteiger partial charge in [-0.2, -0.15) is 0 Å². The van der Waals surface area contributed by atoms with E-state index in [-0.39, 0.29) is 0 Å². The van der Waals surface area contributed by atoms with Gasteiger partial charge in [-0.1, -0.05) is 37.1 Å².